The predicted molar refractivity (Wildman–Crippen MR) is 96.9 cm³/mol. The summed E-state index contributed by atoms with van der Waals surface area (Å²) in [5.74, 6) is -1.22. The maximum atomic E-state index is 13.2. The smallest absolute Gasteiger partial charge is 0.282 e. The van der Waals surface area contributed by atoms with Gasteiger partial charge in [-0.1, -0.05) is 6.07 Å². The number of halogens is 2. The molecule has 0 aromatic carbocycles. The molecule has 4 heterocycles. The van der Waals surface area contributed by atoms with Crippen molar-refractivity contribution in [1.29, 1.82) is 0 Å². The number of amides is 2. The molecule has 4 rings (SSSR count). The summed E-state index contributed by atoms with van der Waals surface area (Å²) in [6.07, 6.45) is 1.53. The first-order chi connectivity index (χ1) is 13.9. The fourth-order valence-electron chi connectivity index (χ4n) is 3.97. The van der Waals surface area contributed by atoms with Gasteiger partial charge in [0, 0.05) is 51.2 Å². The van der Waals surface area contributed by atoms with Gasteiger partial charge in [0.2, 0.25) is 5.91 Å². The van der Waals surface area contributed by atoms with Crippen LogP contribution < -0.4 is 5.32 Å². The van der Waals surface area contributed by atoms with E-state index in [-0.39, 0.29) is 43.2 Å². The summed E-state index contributed by atoms with van der Waals surface area (Å²) in [6, 6.07) is 3.66. The summed E-state index contributed by atoms with van der Waals surface area (Å²) in [5, 5.41) is 6.57. The third-order valence-electron chi connectivity index (χ3n) is 5.42. The van der Waals surface area contributed by atoms with Gasteiger partial charge in [-0.3, -0.25) is 19.3 Å². The molecule has 1 N–H and O–H groups in total. The Kier molecular flexibility index (Phi) is 5.27. The predicted octanol–water partition coefficient (Wildman–Crippen LogP) is 1.16. The van der Waals surface area contributed by atoms with E-state index >= 15 is 0 Å². The Morgan fingerprint density at radius 2 is 2.21 bits per heavy atom. The fourth-order valence-corrected chi connectivity index (χ4v) is 3.97. The molecule has 0 unspecified atom stereocenters. The highest BCUT2D eigenvalue weighted by Gasteiger charge is 2.48. The van der Waals surface area contributed by atoms with E-state index < -0.39 is 23.9 Å². The number of carbonyl (C=O) groups is 2. The van der Waals surface area contributed by atoms with Gasteiger partial charge in [0.25, 0.3) is 12.3 Å². The summed E-state index contributed by atoms with van der Waals surface area (Å²) in [6.45, 7) is 1.20. The van der Waals surface area contributed by atoms with Gasteiger partial charge < -0.3 is 15.0 Å². The van der Waals surface area contributed by atoms with Gasteiger partial charge in [0.1, 0.15) is 5.69 Å². The van der Waals surface area contributed by atoms with Crippen LogP contribution in [0.25, 0.3) is 0 Å². The number of alkyl halides is 2. The molecule has 3 atom stereocenters. The highest BCUT2D eigenvalue weighted by molar-refractivity contribution is 5.95. The number of rotatable bonds is 5. The molecule has 8 nitrogen and oxygen atoms in total. The van der Waals surface area contributed by atoms with Gasteiger partial charge in [-0.2, -0.15) is 5.10 Å². The van der Waals surface area contributed by atoms with Crippen LogP contribution in [0.1, 0.15) is 28.0 Å². The third kappa shape index (κ3) is 3.84. The molecular weight excluding hydrogens is 384 g/mol. The molecule has 0 aliphatic carbocycles. The standard InChI is InChI=1S/C19H21F2N5O3/c1-25-7-13(16(24-25)17(20)21)19(28)26-8-12-14(10-29-15(12)9-26)18(27)23-6-11-3-2-4-22-5-11/h2-5,7,12,14-15,17H,6,8-10H2,1H3,(H,23,27)/t12-,14+,15-/m1/s1. The minimum Gasteiger partial charge on any atom is -0.375 e. The zero-order valence-corrected chi connectivity index (χ0v) is 15.8. The van der Waals surface area contributed by atoms with Crippen LogP contribution in [0.3, 0.4) is 0 Å². The minimum atomic E-state index is -2.83. The van der Waals surface area contributed by atoms with E-state index in [4.69, 9.17) is 4.74 Å². The van der Waals surface area contributed by atoms with Gasteiger partial charge in [0.05, 0.1) is 24.2 Å². The summed E-state index contributed by atoms with van der Waals surface area (Å²) in [4.78, 5) is 30.9. The summed E-state index contributed by atoms with van der Waals surface area (Å²) < 4.78 is 33.3. The number of aromatic nitrogens is 3. The molecule has 2 fully saturated rings. The van der Waals surface area contributed by atoms with E-state index in [0.717, 1.165) is 5.56 Å². The van der Waals surface area contributed by atoms with Gasteiger partial charge in [0.15, 0.2) is 0 Å². The van der Waals surface area contributed by atoms with Crippen molar-refractivity contribution in [3.05, 3.63) is 47.5 Å². The highest BCUT2D eigenvalue weighted by Crippen LogP contribution is 2.35. The first-order valence-corrected chi connectivity index (χ1v) is 9.33. The van der Waals surface area contributed by atoms with Crippen molar-refractivity contribution in [2.75, 3.05) is 19.7 Å². The van der Waals surface area contributed by atoms with Gasteiger partial charge in [-0.15, -0.1) is 0 Å². The number of likely N-dealkylation sites (tertiary alicyclic amines) is 1. The molecule has 154 valence electrons. The number of nitrogens with one attached hydrogen (secondary N) is 1. The Hall–Kier alpha value is -2.88. The van der Waals surface area contributed by atoms with Crippen molar-refractivity contribution < 1.29 is 23.1 Å². The number of carbonyl (C=O) groups excluding carboxylic acids is 2. The zero-order valence-electron chi connectivity index (χ0n) is 15.8. The Morgan fingerprint density at radius 3 is 2.93 bits per heavy atom. The molecule has 10 heteroatoms. The Labute approximate surface area is 165 Å². The normalized spacial score (nSPS) is 23.4. The number of nitrogens with zero attached hydrogens (tertiary/aromatic N) is 4. The molecule has 0 bridgehead atoms. The number of hydrogen-bond acceptors (Lipinski definition) is 5. The first kappa shape index (κ1) is 19.4. The van der Waals surface area contributed by atoms with Crippen LogP contribution in [-0.4, -0.2) is 57.3 Å². The molecule has 0 spiro atoms. The van der Waals surface area contributed by atoms with Crippen molar-refractivity contribution in [1.82, 2.24) is 25.0 Å². The lowest BCUT2D eigenvalue weighted by Crippen LogP contribution is -2.37. The van der Waals surface area contributed by atoms with Crippen molar-refractivity contribution in [2.45, 2.75) is 19.1 Å². The van der Waals surface area contributed by atoms with E-state index in [0.29, 0.717) is 6.54 Å². The van der Waals surface area contributed by atoms with Crippen molar-refractivity contribution in [3.63, 3.8) is 0 Å². The second kappa shape index (κ2) is 7.86. The molecule has 2 amide bonds. The van der Waals surface area contributed by atoms with Gasteiger partial charge in [-0.25, -0.2) is 8.78 Å². The molecule has 2 aliphatic heterocycles. The van der Waals surface area contributed by atoms with Crippen LogP contribution in [0.4, 0.5) is 8.78 Å². The Balaban J connectivity index is 1.41. The average molecular weight is 405 g/mol. The largest absolute Gasteiger partial charge is 0.375 e. The van der Waals surface area contributed by atoms with Crippen molar-refractivity contribution >= 4 is 11.8 Å². The first-order valence-electron chi connectivity index (χ1n) is 9.33. The van der Waals surface area contributed by atoms with Crippen LogP contribution in [0.2, 0.25) is 0 Å². The topological polar surface area (TPSA) is 89.4 Å². The third-order valence-corrected chi connectivity index (χ3v) is 5.42. The maximum Gasteiger partial charge on any atom is 0.282 e. The summed E-state index contributed by atoms with van der Waals surface area (Å²) >= 11 is 0. The monoisotopic (exact) mass is 405 g/mol. The lowest BCUT2D eigenvalue weighted by atomic mass is 9.92. The van der Waals surface area contributed by atoms with E-state index in [2.05, 4.69) is 15.4 Å². The number of pyridine rings is 1. The van der Waals surface area contributed by atoms with Gasteiger partial charge >= 0.3 is 0 Å². The maximum absolute atomic E-state index is 13.2. The van der Waals surface area contributed by atoms with Crippen LogP contribution in [0.15, 0.2) is 30.7 Å². The summed E-state index contributed by atoms with van der Waals surface area (Å²) in [5.41, 5.74) is 0.247. The van der Waals surface area contributed by atoms with E-state index in [9.17, 15) is 18.4 Å². The molecule has 29 heavy (non-hydrogen) atoms. The number of fused-ring (bicyclic) bond motifs is 1. The molecular formula is C19H21F2N5O3. The number of hydrogen-bond donors (Lipinski definition) is 1. The highest BCUT2D eigenvalue weighted by atomic mass is 19.3. The molecule has 0 radical (unpaired) electrons. The lowest BCUT2D eigenvalue weighted by Gasteiger charge is -2.19. The summed E-state index contributed by atoms with van der Waals surface area (Å²) in [7, 11) is 1.49. The van der Waals surface area contributed by atoms with Crippen LogP contribution >= 0.6 is 0 Å². The fraction of sp³-hybridized carbons (Fsp3) is 0.474. The SMILES string of the molecule is Cn1cc(C(=O)N2C[C@@H]3[C@@H](C(=O)NCc4cccnc4)CO[C@@H]3C2)c(C(F)F)n1. The molecule has 2 saturated heterocycles. The quantitative estimate of drug-likeness (QED) is 0.806. The van der Waals surface area contributed by atoms with E-state index in [1.54, 1.807) is 18.5 Å². The van der Waals surface area contributed by atoms with Crippen molar-refractivity contribution in [3.8, 4) is 0 Å². The second-order valence-corrected chi connectivity index (χ2v) is 7.33. The Bertz CT molecular complexity index is 905. The lowest BCUT2D eigenvalue weighted by molar-refractivity contribution is -0.126. The van der Waals surface area contributed by atoms with E-state index in [1.807, 2.05) is 6.07 Å². The minimum absolute atomic E-state index is 0.111. The van der Waals surface area contributed by atoms with Crippen molar-refractivity contribution in [2.24, 2.45) is 18.9 Å². The van der Waals surface area contributed by atoms with Gasteiger partial charge in [-0.05, 0) is 11.6 Å². The van der Waals surface area contributed by atoms with Crippen LogP contribution in [0.5, 0.6) is 0 Å². The number of aryl methyl sites for hydroxylation is 1. The molecule has 2 aliphatic rings. The second-order valence-electron chi connectivity index (χ2n) is 7.33. The van der Waals surface area contributed by atoms with E-state index in [1.165, 1.54) is 22.8 Å². The molecule has 2 aromatic rings. The van der Waals surface area contributed by atoms with Crippen LogP contribution in [0, 0.1) is 11.8 Å². The molecule has 2 aromatic heterocycles. The molecule has 0 saturated carbocycles. The average Bonchev–Trinajstić information content (AvgIpc) is 3.40. The number of ether oxygens (including phenoxy) is 1. The Morgan fingerprint density at radius 1 is 1.38 bits per heavy atom. The van der Waals surface area contributed by atoms with Crippen LogP contribution in [-0.2, 0) is 23.1 Å². The zero-order chi connectivity index (χ0) is 20.5.